The van der Waals surface area contributed by atoms with E-state index in [0.29, 0.717) is 12.2 Å². The van der Waals surface area contributed by atoms with Crippen LogP contribution in [-0.2, 0) is 26.8 Å². The number of ether oxygens (including phenoxy) is 1. The first-order valence-corrected chi connectivity index (χ1v) is 14.5. The number of nitrogens with one attached hydrogen (secondary N) is 1. The number of hydrogen-bond acceptors (Lipinski definition) is 5. The first kappa shape index (κ1) is 30.0. The number of phenols is 1. The van der Waals surface area contributed by atoms with Crippen molar-refractivity contribution in [3.05, 3.63) is 28.8 Å². The number of carbonyl (C=O) groups excluding carboxylic acids is 1. The third-order valence-electron chi connectivity index (χ3n) is 6.72. The Balaban J connectivity index is 1.77. The van der Waals surface area contributed by atoms with E-state index in [1.165, 1.54) is 5.56 Å². The molecule has 2 rings (SSSR count). The lowest BCUT2D eigenvalue weighted by Crippen LogP contribution is -2.59. The molecule has 0 radical (unpaired) electrons. The van der Waals surface area contributed by atoms with Gasteiger partial charge in [-0.3, -0.25) is 4.79 Å². The molecule has 0 bridgehead atoms. The van der Waals surface area contributed by atoms with Crippen molar-refractivity contribution in [3.8, 4) is 5.75 Å². The minimum absolute atomic E-state index is 0.00377. The van der Waals surface area contributed by atoms with Gasteiger partial charge in [-0.15, -0.1) is 0 Å². The summed E-state index contributed by atoms with van der Waals surface area (Å²) < 4.78 is 5.82. The number of phenolic OH excluding ortho intramolecular Hbond substituents is 1. The molecule has 4 nitrogen and oxygen atoms in total. The molecule has 35 heavy (non-hydrogen) atoms. The molecule has 0 amide bonds. The van der Waals surface area contributed by atoms with Gasteiger partial charge in [-0.05, 0) is 86.0 Å². The molecule has 200 valence electrons. The molecule has 0 unspecified atom stereocenters. The quantitative estimate of drug-likeness (QED) is 0.273. The number of piperidine rings is 1. The van der Waals surface area contributed by atoms with Crippen LogP contribution in [0, 0.1) is 0 Å². The Morgan fingerprint density at radius 2 is 1.57 bits per heavy atom. The first-order valence-electron chi connectivity index (χ1n) is 13.3. The van der Waals surface area contributed by atoms with Crippen LogP contribution in [0.3, 0.4) is 0 Å². The molecule has 0 aromatic heterocycles. The summed E-state index contributed by atoms with van der Waals surface area (Å²) in [6.45, 7) is 21.9. The second kappa shape index (κ2) is 11.5. The van der Waals surface area contributed by atoms with Crippen molar-refractivity contribution in [2.45, 2.75) is 136 Å². The molecule has 1 aromatic rings. The van der Waals surface area contributed by atoms with Crippen molar-refractivity contribution < 1.29 is 14.6 Å². The van der Waals surface area contributed by atoms with E-state index in [1.807, 2.05) is 11.8 Å². The van der Waals surface area contributed by atoms with Gasteiger partial charge in [0.1, 0.15) is 11.9 Å². The minimum Gasteiger partial charge on any atom is -0.507 e. The zero-order valence-electron chi connectivity index (χ0n) is 24.1. The Bertz CT molecular complexity index is 846. The van der Waals surface area contributed by atoms with E-state index in [-0.39, 0.29) is 34.0 Å². The summed E-state index contributed by atoms with van der Waals surface area (Å²) in [7, 11) is 0. The molecule has 1 heterocycles. The molecule has 2 N–H and O–H groups in total. The molecule has 5 heteroatoms. The maximum atomic E-state index is 12.4. The molecule has 1 aliphatic rings. The van der Waals surface area contributed by atoms with Gasteiger partial charge in [0.15, 0.2) is 0 Å². The average Bonchev–Trinajstić information content (AvgIpc) is 2.63. The molecule has 0 spiro atoms. The van der Waals surface area contributed by atoms with Crippen LogP contribution in [0.25, 0.3) is 0 Å². The van der Waals surface area contributed by atoms with E-state index in [2.05, 4.69) is 86.7 Å². The van der Waals surface area contributed by atoms with Crippen molar-refractivity contribution in [1.29, 1.82) is 0 Å². The molecular weight excluding hydrogens is 454 g/mol. The van der Waals surface area contributed by atoms with Crippen LogP contribution in [0.5, 0.6) is 5.75 Å². The number of esters is 1. The molecular formula is C30H51NO3S. The number of aryl methyl sites for hydroxylation is 1. The highest BCUT2D eigenvalue weighted by molar-refractivity contribution is 7.99. The molecule has 1 aliphatic heterocycles. The number of rotatable bonds is 9. The summed E-state index contributed by atoms with van der Waals surface area (Å²) >= 11 is 1.89. The van der Waals surface area contributed by atoms with Gasteiger partial charge in [-0.25, -0.2) is 0 Å². The van der Waals surface area contributed by atoms with E-state index in [1.54, 1.807) is 0 Å². The van der Waals surface area contributed by atoms with Gasteiger partial charge in [0, 0.05) is 30.3 Å². The Morgan fingerprint density at radius 1 is 1.00 bits per heavy atom. The molecule has 1 fully saturated rings. The molecule has 1 saturated heterocycles. The van der Waals surface area contributed by atoms with Crippen LogP contribution in [0.4, 0.5) is 0 Å². The maximum absolute atomic E-state index is 12.4. The van der Waals surface area contributed by atoms with Crippen LogP contribution >= 0.6 is 11.8 Å². The van der Waals surface area contributed by atoms with E-state index in [0.717, 1.165) is 54.7 Å². The highest BCUT2D eigenvalue weighted by Gasteiger charge is 2.39. The third-order valence-corrected chi connectivity index (χ3v) is 7.87. The fourth-order valence-electron chi connectivity index (χ4n) is 5.23. The SMILES string of the molecule is CC1(C)CC(OC(=O)CCCSCCCc2cc(C(C)(C)C)cc(C(C)(C)C)c2O)CC(C)(C)N1. The highest BCUT2D eigenvalue weighted by atomic mass is 32.2. The second-order valence-electron chi connectivity index (χ2n) is 13.8. The normalized spacial score (nSPS) is 18.5. The van der Waals surface area contributed by atoms with Crippen LogP contribution in [0.2, 0.25) is 0 Å². The van der Waals surface area contributed by atoms with E-state index >= 15 is 0 Å². The van der Waals surface area contributed by atoms with E-state index < -0.39 is 0 Å². The number of thioether (sulfide) groups is 1. The van der Waals surface area contributed by atoms with Gasteiger partial charge in [0.2, 0.25) is 0 Å². The van der Waals surface area contributed by atoms with E-state index in [4.69, 9.17) is 4.74 Å². The van der Waals surface area contributed by atoms with Crippen LogP contribution in [0.15, 0.2) is 12.1 Å². The monoisotopic (exact) mass is 505 g/mol. The molecule has 0 saturated carbocycles. The standard InChI is InChI=1S/C30H51NO3S/c1-27(2,3)22-17-21(26(33)24(18-22)28(4,5)6)13-11-15-35-16-12-14-25(32)34-23-19-29(7,8)31-30(9,10)20-23/h17-18,23,31,33H,11-16,19-20H2,1-10H3. The Hall–Kier alpha value is -1.20. The highest BCUT2D eigenvalue weighted by Crippen LogP contribution is 2.38. The van der Waals surface area contributed by atoms with Gasteiger partial charge in [-0.2, -0.15) is 11.8 Å². The smallest absolute Gasteiger partial charge is 0.306 e. The van der Waals surface area contributed by atoms with Crippen molar-refractivity contribution in [2.75, 3.05) is 11.5 Å². The van der Waals surface area contributed by atoms with E-state index in [9.17, 15) is 9.90 Å². The lowest BCUT2D eigenvalue weighted by atomic mass is 9.78. The topological polar surface area (TPSA) is 58.6 Å². The number of carbonyl (C=O) groups is 1. The minimum atomic E-state index is -0.0942. The second-order valence-corrected chi connectivity index (χ2v) is 15.0. The fraction of sp³-hybridized carbons (Fsp3) is 0.767. The Labute approximate surface area is 219 Å². The fourth-order valence-corrected chi connectivity index (χ4v) is 6.13. The van der Waals surface area contributed by atoms with Crippen molar-refractivity contribution >= 4 is 17.7 Å². The van der Waals surface area contributed by atoms with Crippen LogP contribution in [-0.4, -0.2) is 39.8 Å². The lowest BCUT2D eigenvalue weighted by Gasteiger charge is -2.45. The predicted molar refractivity (Wildman–Crippen MR) is 151 cm³/mol. The Kier molecular flexibility index (Phi) is 9.83. The largest absolute Gasteiger partial charge is 0.507 e. The number of hydrogen-bond donors (Lipinski definition) is 2. The predicted octanol–water partition coefficient (Wildman–Crippen LogP) is 7.29. The summed E-state index contributed by atoms with van der Waals surface area (Å²) in [6.07, 6.45) is 4.93. The van der Waals surface area contributed by atoms with Crippen molar-refractivity contribution in [1.82, 2.24) is 5.32 Å². The maximum Gasteiger partial charge on any atom is 0.306 e. The summed E-state index contributed by atoms with van der Waals surface area (Å²) in [5.74, 6) is 2.38. The summed E-state index contributed by atoms with van der Waals surface area (Å²) in [5.41, 5.74) is 3.29. The average molecular weight is 506 g/mol. The molecule has 0 atom stereocenters. The van der Waals surface area contributed by atoms with Crippen LogP contribution < -0.4 is 5.32 Å². The molecule has 0 aliphatic carbocycles. The first-order chi connectivity index (χ1) is 15.9. The number of benzene rings is 1. The number of aromatic hydroxyl groups is 1. The van der Waals surface area contributed by atoms with Gasteiger partial charge in [0.25, 0.3) is 0 Å². The Morgan fingerprint density at radius 3 is 2.11 bits per heavy atom. The van der Waals surface area contributed by atoms with Gasteiger partial charge >= 0.3 is 5.97 Å². The third kappa shape index (κ3) is 9.64. The van der Waals surface area contributed by atoms with Crippen LogP contribution in [0.1, 0.15) is 118 Å². The van der Waals surface area contributed by atoms with Crippen molar-refractivity contribution in [3.63, 3.8) is 0 Å². The zero-order chi connectivity index (χ0) is 26.7. The zero-order valence-corrected chi connectivity index (χ0v) is 24.9. The van der Waals surface area contributed by atoms with Gasteiger partial charge in [-0.1, -0.05) is 53.7 Å². The summed E-state index contributed by atoms with van der Waals surface area (Å²) in [4.78, 5) is 12.4. The van der Waals surface area contributed by atoms with Crippen molar-refractivity contribution in [2.24, 2.45) is 0 Å². The summed E-state index contributed by atoms with van der Waals surface area (Å²) in [5, 5.41) is 14.6. The van der Waals surface area contributed by atoms with Gasteiger partial charge in [0.05, 0.1) is 0 Å². The lowest BCUT2D eigenvalue weighted by molar-refractivity contribution is -0.153. The summed E-state index contributed by atoms with van der Waals surface area (Å²) in [6, 6.07) is 4.37. The van der Waals surface area contributed by atoms with Gasteiger partial charge < -0.3 is 15.2 Å². The molecule has 1 aromatic carbocycles.